The van der Waals surface area contributed by atoms with E-state index < -0.39 is 4.75 Å². The Kier molecular flexibility index (Phi) is 2.56. The number of rotatable bonds is 3. The summed E-state index contributed by atoms with van der Waals surface area (Å²) in [5.41, 5.74) is 0. The molecule has 1 unspecified atom stereocenters. The van der Waals surface area contributed by atoms with Gasteiger partial charge in [0, 0.05) is 4.88 Å². The van der Waals surface area contributed by atoms with Gasteiger partial charge in [0.05, 0.1) is 4.88 Å². The molecule has 0 N–H and O–H groups in total. The van der Waals surface area contributed by atoms with Gasteiger partial charge in [-0.05, 0) is 24.0 Å². The molecule has 4 heteroatoms. The van der Waals surface area contributed by atoms with Crippen LogP contribution in [0.4, 0.5) is 0 Å². The lowest BCUT2D eigenvalue weighted by molar-refractivity contribution is -0.109. The summed E-state index contributed by atoms with van der Waals surface area (Å²) in [4.78, 5) is 23.2. The van der Waals surface area contributed by atoms with Crippen LogP contribution in [0.25, 0.3) is 0 Å². The summed E-state index contributed by atoms with van der Waals surface area (Å²) < 4.78 is -0.466. The Hall–Kier alpha value is -0.870. The number of carbonyl (C=O) groups is 2. The first-order valence-electron chi connectivity index (χ1n) is 4.15. The lowest BCUT2D eigenvalue weighted by Gasteiger charge is -2.18. The molecule has 72 valence electrons. The van der Waals surface area contributed by atoms with Crippen LogP contribution in [0.2, 0.25) is 0 Å². The maximum Gasteiger partial charge on any atom is 0.160 e. The fourth-order valence-electron chi connectivity index (χ4n) is 1.38. The van der Waals surface area contributed by atoms with Crippen LogP contribution in [-0.2, 0) is 9.54 Å². The normalized spacial score (nSPS) is 25.1. The molecule has 2 rings (SSSR count). The summed E-state index contributed by atoms with van der Waals surface area (Å²) in [7, 11) is 0. The third-order valence-electron chi connectivity index (χ3n) is 2.15. The number of hydrogen-bond acceptors (Lipinski definition) is 4. The van der Waals surface area contributed by atoms with Crippen LogP contribution in [0.3, 0.4) is 0 Å². The van der Waals surface area contributed by atoms with Crippen LogP contribution in [0.5, 0.6) is 0 Å². The molecule has 0 spiro atoms. The van der Waals surface area contributed by atoms with Crippen molar-refractivity contribution in [2.45, 2.75) is 11.2 Å². The first-order chi connectivity index (χ1) is 6.80. The molecule has 2 heterocycles. The smallest absolute Gasteiger partial charge is 0.160 e. The number of allylic oxidation sites excluding steroid dienone is 1. The zero-order valence-corrected chi connectivity index (χ0v) is 8.94. The third-order valence-corrected chi connectivity index (χ3v) is 4.70. The highest BCUT2D eigenvalue weighted by Gasteiger charge is 2.35. The van der Waals surface area contributed by atoms with Gasteiger partial charge in [-0.15, -0.1) is 23.1 Å². The molecule has 1 aliphatic heterocycles. The van der Waals surface area contributed by atoms with Crippen molar-refractivity contribution in [2.75, 3.05) is 0 Å². The van der Waals surface area contributed by atoms with Crippen molar-refractivity contribution in [1.82, 2.24) is 0 Å². The summed E-state index contributed by atoms with van der Waals surface area (Å²) >= 11 is 2.91. The van der Waals surface area contributed by atoms with Crippen molar-refractivity contribution >= 4 is 35.7 Å². The molecule has 0 aliphatic carbocycles. The zero-order valence-electron chi connectivity index (χ0n) is 7.30. The Balaban J connectivity index is 2.36. The van der Waals surface area contributed by atoms with Crippen LogP contribution >= 0.6 is 23.1 Å². The van der Waals surface area contributed by atoms with E-state index in [1.807, 2.05) is 17.6 Å². The van der Waals surface area contributed by atoms with E-state index in [2.05, 4.69) is 0 Å². The largest absolute Gasteiger partial charge is 0.301 e. The van der Waals surface area contributed by atoms with Gasteiger partial charge >= 0.3 is 0 Å². The number of hydrogen-bond donors (Lipinski definition) is 0. The van der Waals surface area contributed by atoms with Crippen molar-refractivity contribution in [3.63, 3.8) is 0 Å². The van der Waals surface area contributed by atoms with Crippen molar-refractivity contribution in [2.24, 2.45) is 0 Å². The molecule has 0 amide bonds. The molecule has 1 aliphatic rings. The molecule has 0 aromatic carbocycles. The highest BCUT2D eigenvalue weighted by Crippen LogP contribution is 2.45. The Labute approximate surface area is 90.0 Å². The second-order valence-corrected chi connectivity index (χ2v) is 5.37. The fourth-order valence-corrected chi connectivity index (χ4v) is 3.39. The average Bonchev–Trinajstić information content (AvgIpc) is 2.87. The van der Waals surface area contributed by atoms with Crippen LogP contribution in [-0.4, -0.2) is 12.6 Å². The molecule has 0 bridgehead atoms. The summed E-state index contributed by atoms with van der Waals surface area (Å²) in [6.45, 7) is 0. The van der Waals surface area contributed by atoms with E-state index >= 15 is 0 Å². The number of thioether (sulfide) groups is 1. The van der Waals surface area contributed by atoms with Gasteiger partial charge in [0.1, 0.15) is 11.0 Å². The van der Waals surface area contributed by atoms with E-state index in [1.54, 1.807) is 6.07 Å². The molecule has 1 aromatic rings. The summed E-state index contributed by atoms with van der Waals surface area (Å²) in [5.74, 6) is 0. The first kappa shape index (κ1) is 9.68. The average molecular weight is 224 g/mol. The summed E-state index contributed by atoms with van der Waals surface area (Å²) in [5, 5.41) is 1.94. The second kappa shape index (κ2) is 3.71. The molecule has 14 heavy (non-hydrogen) atoms. The van der Waals surface area contributed by atoms with Gasteiger partial charge in [0.2, 0.25) is 0 Å². The van der Waals surface area contributed by atoms with E-state index in [1.165, 1.54) is 23.1 Å². The van der Waals surface area contributed by atoms with E-state index in [4.69, 9.17) is 0 Å². The lowest BCUT2D eigenvalue weighted by atomic mass is 10.1. The quantitative estimate of drug-likeness (QED) is 0.740. The van der Waals surface area contributed by atoms with Crippen LogP contribution in [0, 0.1) is 0 Å². The highest BCUT2D eigenvalue weighted by molar-refractivity contribution is 8.04. The van der Waals surface area contributed by atoms with Gasteiger partial charge in [-0.25, -0.2) is 0 Å². The van der Waals surface area contributed by atoms with Crippen molar-refractivity contribution in [3.8, 4) is 0 Å². The molecule has 0 fully saturated rings. The molecule has 2 nitrogen and oxygen atoms in total. The molecule has 1 aromatic heterocycles. The van der Waals surface area contributed by atoms with Crippen LogP contribution < -0.4 is 0 Å². The van der Waals surface area contributed by atoms with Gasteiger partial charge in [-0.1, -0.05) is 6.08 Å². The molecule has 0 radical (unpaired) electrons. The topological polar surface area (TPSA) is 34.1 Å². The summed E-state index contributed by atoms with van der Waals surface area (Å²) in [6, 6.07) is 3.62. The Morgan fingerprint density at radius 1 is 1.36 bits per heavy atom. The van der Waals surface area contributed by atoms with E-state index in [9.17, 15) is 9.59 Å². The Morgan fingerprint density at radius 2 is 2.21 bits per heavy atom. The minimum absolute atomic E-state index is 0.466. The van der Waals surface area contributed by atoms with Crippen molar-refractivity contribution < 1.29 is 9.59 Å². The Bertz CT molecular complexity index is 385. The maximum atomic E-state index is 11.1. The van der Waals surface area contributed by atoms with Gasteiger partial charge in [-0.2, -0.15) is 0 Å². The standard InChI is InChI=1S/C10H8O2S2/c11-6-8-2-3-9(14-8)10(7-12)4-1-5-13-10/h1-3,5-7H,4H2. The van der Waals surface area contributed by atoms with Gasteiger partial charge < -0.3 is 4.79 Å². The van der Waals surface area contributed by atoms with Gasteiger partial charge in [-0.3, -0.25) is 4.79 Å². The van der Waals surface area contributed by atoms with Crippen molar-refractivity contribution in [3.05, 3.63) is 33.4 Å². The minimum atomic E-state index is -0.466. The Morgan fingerprint density at radius 3 is 2.71 bits per heavy atom. The number of carbonyl (C=O) groups excluding carboxylic acids is 2. The molecule has 1 atom stereocenters. The lowest BCUT2D eigenvalue weighted by Crippen LogP contribution is -2.18. The zero-order chi connectivity index (χ0) is 10.0. The summed E-state index contributed by atoms with van der Waals surface area (Å²) in [6.07, 6.45) is 4.50. The molecular weight excluding hydrogens is 216 g/mol. The predicted molar refractivity (Wildman–Crippen MR) is 58.8 cm³/mol. The second-order valence-electron chi connectivity index (χ2n) is 3.02. The van der Waals surface area contributed by atoms with Crippen molar-refractivity contribution in [1.29, 1.82) is 0 Å². The third kappa shape index (κ3) is 1.44. The van der Waals surface area contributed by atoms with Gasteiger partial charge in [0.15, 0.2) is 6.29 Å². The maximum absolute atomic E-state index is 11.1. The van der Waals surface area contributed by atoms with Gasteiger partial charge in [0.25, 0.3) is 0 Å². The SMILES string of the molecule is O=Cc1ccc(C2(C=O)CC=CS2)s1. The van der Waals surface area contributed by atoms with E-state index in [0.717, 1.165) is 23.9 Å². The van der Waals surface area contributed by atoms with E-state index in [0.29, 0.717) is 4.88 Å². The van der Waals surface area contributed by atoms with Crippen LogP contribution in [0.1, 0.15) is 21.0 Å². The first-order valence-corrected chi connectivity index (χ1v) is 5.85. The number of thiophene rings is 1. The van der Waals surface area contributed by atoms with Crippen LogP contribution in [0.15, 0.2) is 23.6 Å². The fraction of sp³-hybridized carbons (Fsp3) is 0.200. The number of aldehydes is 2. The monoisotopic (exact) mass is 224 g/mol. The molecule has 0 saturated carbocycles. The highest BCUT2D eigenvalue weighted by atomic mass is 32.2. The minimum Gasteiger partial charge on any atom is -0.301 e. The predicted octanol–water partition coefficient (Wildman–Crippen LogP) is 2.61. The molecular formula is C10H8O2S2. The van der Waals surface area contributed by atoms with E-state index in [-0.39, 0.29) is 0 Å². The molecule has 0 saturated heterocycles.